The molecule has 19 heavy (non-hydrogen) atoms. The molecule has 1 N–H and O–H groups in total. The van der Waals surface area contributed by atoms with Gasteiger partial charge in [-0.3, -0.25) is 4.79 Å². The number of aliphatic hydroxyl groups excluding tert-OH is 1. The van der Waals surface area contributed by atoms with Gasteiger partial charge in [-0.05, 0) is 38.1 Å². The molecule has 0 aromatic heterocycles. The molecule has 0 amide bonds. The molecule has 2 unspecified atom stereocenters. The van der Waals surface area contributed by atoms with E-state index in [0.717, 1.165) is 0 Å². The first-order valence-corrected chi connectivity index (χ1v) is 6.06. The molecule has 1 aromatic carbocycles. The zero-order valence-electron chi connectivity index (χ0n) is 11.3. The van der Waals surface area contributed by atoms with E-state index < -0.39 is 18.0 Å². The van der Waals surface area contributed by atoms with E-state index in [1.807, 2.05) is 0 Å². The third kappa shape index (κ3) is 5.52. The largest absolute Gasteiger partial charge is 0.459 e. The predicted molar refractivity (Wildman–Crippen MR) is 68.9 cm³/mol. The van der Waals surface area contributed by atoms with Crippen molar-refractivity contribution in [2.75, 3.05) is 0 Å². The second-order valence-corrected chi connectivity index (χ2v) is 4.42. The Bertz CT molecular complexity index is 436. The molecule has 0 bridgehead atoms. The number of rotatable bonds is 5. The van der Waals surface area contributed by atoms with Gasteiger partial charge in [0.25, 0.3) is 0 Å². The molecule has 0 saturated carbocycles. The summed E-state index contributed by atoms with van der Waals surface area (Å²) in [6.45, 7) is 4.66. The van der Waals surface area contributed by atoms with Gasteiger partial charge in [0, 0.05) is 13.3 Å². The standard InChI is InChI=1S/C14H18O5/c1-9(15)8-10(2)18-14(17)12-4-6-13(7-5-12)19-11(3)16/h4-7,9-10,15H,8H2,1-3H3. The number of benzene rings is 1. The van der Waals surface area contributed by atoms with Crippen molar-refractivity contribution in [1.29, 1.82) is 0 Å². The first-order valence-electron chi connectivity index (χ1n) is 6.06. The zero-order chi connectivity index (χ0) is 14.4. The van der Waals surface area contributed by atoms with Crippen LogP contribution in [0.15, 0.2) is 24.3 Å². The molecule has 0 aliphatic heterocycles. The minimum atomic E-state index is -0.519. The number of hydrogen-bond acceptors (Lipinski definition) is 5. The van der Waals surface area contributed by atoms with Crippen LogP contribution in [0.1, 0.15) is 37.6 Å². The van der Waals surface area contributed by atoms with Crippen molar-refractivity contribution in [3.63, 3.8) is 0 Å². The molecule has 104 valence electrons. The van der Waals surface area contributed by atoms with E-state index in [-0.39, 0.29) is 6.10 Å². The quantitative estimate of drug-likeness (QED) is 0.651. The molecule has 0 saturated heterocycles. The van der Waals surface area contributed by atoms with Crippen molar-refractivity contribution in [3.8, 4) is 5.75 Å². The van der Waals surface area contributed by atoms with E-state index in [2.05, 4.69) is 0 Å². The van der Waals surface area contributed by atoms with Crippen molar-refractivity contribution in [3.05, 3.63) is 29.8 Å². The maximum atomic E-state index is 11.8. The zero-order valence-corrected chi connectivity index (χ0v) is 11.3. The van der Waals surface area contributed by atoms with Crippen LogP contribution in [-0.4, -0.2) is 29.3 Å². The van der Waals surface area contributed by atoms with Gasteiger partial charge in [-0.25, -0.2) is 4.79 Å². The molecule has 2 atom stereocenters. The fourth-order valence-electron chi connectivity index (χ4n) is 1.60. The number of carbonyl (C=O) groups is 2. The Labute approximate surface area is 112 Å². The summed E-state index contributed by atoms with van der Waals surface area (Å²) in [5.74, 6) is -0.510. The molecule has 0 aliphatic rings. The lowest BCUT2D eigenvalue weighted by Crippen LogP contribution is -2.19. The SMILES string of the molecule is CC(=O)Oc1ccc(C(=O)OC(C)CC(C)O)cc1. The third-order valence-corrected chi connectivity index (χ3v) is 2.33. The van der Waals surface area contributed by atoms with Crippen LogP contribution in [0.4, 0.5) is 0 Å². The highest BCUT2D eigenvalue weighted by Crippen LogP contribution is 2.14. The van der Waals surface area contributed by atoms with Gasteiger partial charge in [0.15, 0.2) is 0 Å². The molecule has 5 heteroatoms. The predicted octanol–water partition coefficient (Wildman–Crippen LogP) is 1.93. The lowest BCUT2D eigenvalue weighted by atomic mass is 10.2. The highest BCUT2D eigenvalue weighted by atomic mass is 16.5. The first kappa shape index (κ1) is 15.2. The maximum absolute atomic E-state index is 11.8. The average molecular weight is 266 g/mol. The Morgan fingerprint density at radius 3 is 2.26 bits per heavy atom. The van der Waals surface area contributed by atoms with E-state index in [9.17, 15) is 14.7 Å². The van der Waals surface area contributed by atoms with Crippen LogP contribution < -0.4 is 4.74 Å². The van der Waals surface area contributed by atoms with Crippen molar-refractivity contribution >= 4 is 11.9 Å². The molecule has 0 spiro atoms. The Balaban J connectivity index is 2.60. The van der Waals surface area contributed by atoms with E-state index >= 15 is 0 Å². The minimum absolute atomic E-state index is 0.361. The van der Waals surface area contributed by atoms with Crippen molar-refractivity contribution in [1.82, 2.24) is 0 Å². The number of carbonyl (C=O) groups excluding carboxylic acids is 2. The Morgan fingerprint density at radius 1 is 1.21 bits per heavy atom. The van der Waals surface area contributed by atoms with E-state index in [1.54, 1.807) is 13.8 Å². The summed E-state index contributed by atoms with van der Waals surface area (Å²) in [5, 5.41) is 9.19. The Kier molecular flexibility index (Phi) is 5.51. The molecular weight excluding hydrogens is 248 g/mol. The summed E-state index contributed by atoms with van der Waals surface area (Å²) in [6.07, 6.45) is -0.494. The number of hydrogen-bond donors (Lipinski definition) is 1. The van der Waals surface area contributed by atoms with Crippen molar-refractivity contribution < 1.29 is 24.2 Å². The fraction of sp³-hybridized carbons (Fsp3) is 0.429. The van der Waals surface area contributed by atoms with Gasteiger partial charge in [-0.2, -0.15) is 0 Å². The van der Waals surface area contributed by atoms with E-state index in [4.69, 9.17) is 9.47 Å². The lowest BCUT2D eigenvalue weighted by Gasteiger charge is -2.14. The van der Waals surface area contributed by atoms with E-state index in [0.29, 0.717) is 17.7 Å². The summed E-state index contributed by atoms with van der Waals surface area (Å²) in [5.41, 5.74) is 0.369. The van der Waals surface area contributed by atoms with Crippen LogP contribution in [0.2, 0.25) is 0 Å². The normalized spacial score (nSPS) is 13.5. The second-order valence-electron chi connectivity index (χ2n) is 4.42. The van der Waals surface area contributed by atoms with Gasteiger partial charge in [0.2, 0.25) is 0 Å². The topological polar surface area (TPSA) is 72.8 Å². The smallest absolute Gasteiger partial charge is 0.338 e. The second kappa shape index (κ2) is 6.89. The summed E-state index contributed by atoms with van der Waals surface area (Å²) in [4.78, 5) is 22.5. The maximum Gasteiger partial charge on any atom is 0.338 e. The van der Waals surface area contributed by atoms with Crippen molar-refractivity contribution in [2.45, 2.75) is 39.4 Å². The molecular formula is C14H18O5. The lowest BCUT2D eigenvalue weighted by molar-refractivity contribution is -0.131. The molecule has 5 nitrogen and oxygen atoms in total. The van der Waals surface area contributed by atoms with Crippen molar-refractivity contribution in [2.24, 2.45) is 0 Å². The Morgan fingerprint density at radius 2 is 1.79 bits per heavy atom. The number of ether oxygens (including phenoxy) is 2. The molecule has 0 heterocycles. The Hall–Kier alpha value is -1.88. The first-order chi connectivity index (χ1) is 8.88. The van der Waals surface area contributed by atoms with Gasteiger partial charge < -0.3 is 14.6 Å². The molecule has 1 aromatic rings. The highest BCUT2D eigenvalue weighted by molar-refractivity contribution is 5.89. The average Bonchev–Trinajstić information content (AvgIpc) is 2.27. The van der Waals surface area contributed by atoms with E-state index in [1.165, 1.54) is 31.2 Å². The third-order valence-electron chi connectivity index (χ3n) is 2.33. The highest BCUT2D eigenvalue weighted by Gasteiger charge is 2.14. The van der Waals surface area contributed by atoms with Crippen LogP contribution in [0.25, 0.3) is 0 Å². The van der Waals surface area contributed by atoms with Crippen LogP contribution in [0.3, 0.4) is 0 Å². The van der Waals surface area contributed by atoms with Gasteiger partial charge >= 0.3 is 11.9 Å². The minimum Gasteiger partial charge on any atom is -0.459 e. The van der Waals surface area contributed by atoms with Crippen LogP contribution in [-0.2, 0) is 9.53 Å². The van der Waals surface area contributed by atoms with Gasteiger partial charge in [0.05, 0.1) is 11.7 Å². The molecule has 0 aliphatic carbocycles. The summed E-state index contributed by atoms with van der Waals surface area (Å²) >= 11 is 0. The monoisotopic (exact) mass is 266 g/mol. The summed E-state index contributed by atoms with van der Waals surface area (Å²) in [6, 6.07) is 6.10. The van der Waals surface area contributed by atoms with Gasteiger partial charge in [-0.1, -0.05) is 0 Å². The summed E-state index contributed by atoms with van der Waals surface area (Å²) < 4.78 is 10.0. The summed E-state index contributed by atoms with van der Waals surface area (Å²) in [7, 11) is 0. The molecule has 1 rings (SSSR count). The van der Waals surface area contributed by atoms with Crippen LogP contribution in [0.5, 0.6) is 5.75 Å². The van der Waals surface area contributed by atoms with Gasteiger partial charge in [-0.15, -0.1) is 0 Å². The molecule has 0 radical (unpaired) electrons. The van der Waals surface area contributed by atoms with Crippen LogP contribution >= 0.6 is 0 Å². The fourth-order valence-corrected chi connectivity index (χ4v) is 1.60. The number of aliphatic hydroxyl groups is 1. The van der Waals surface area contributed by atoms with Gasteiger partial charge in [0.1, 0.15) is 11.9 Å². The number of esters is 2. The molecule has 0 fully saturated rings. The van der Waals surface area contributed by atoms with Crippen LogP contribution in [0, 0.1) is 0 Å².